The van der Waals surface area contributed by atoms with Crippen molar-refractivity contribution in [3.8, 4) is 0 Å². The SMILES string of the molecule is O=c1ccc(C2CC2)nn1CC1CCN(c2ncnc3ccc(F)cc23)CC1. The molecular formula is C21H22FN5O. The van der Waals surface area contributed by atoms with Gasteiger partial charge in [-0.05, 0) is 55.9 Å². The van der Waals surface area contributed by atoms with E-state index in [9.17, 15) is 9.18 Å². The van der Waals surface area contributed by atoms with Crippen molar-refractivity contribution in [2.75, 3.05) is 18.0 Å². The van der Waals surface area contributed by atoms with E-state index in [0.717, 1.165) is 48.3 Å². The number of halogens is 1. The third kappa shape index (κ3) is 3.37. The summed E-state index contributed by atoms with van der Waals surface area (Å²) in [5.41, 5.74) is 1.77. The molecule has 1 saturated heterocycles. The first-order chi connectivity index (χ1) is 13.7. The molecule has 6 nitrogen and oxygen atoms in total. The van der Waals surface area contributed by atoms with E-state index in [1.54, 1.807) is 16.8 Å². The molecule has 2 aliphatic rings. The highest BCUT2D eigenvalue weighted by atomic mass is 19.1. The van der Waals surface area contributed by atoms with Gasteiger partial charge in [-0.1, -0.05) is 0 Å². The van der Waals surface area contributed by atoms with Crippen LogP contribution in [0.5, 0.6) is 0 Å². The summed E-state index contributed by atoms with van der Waals surface area (Å²) in [6, 6.07) is 8.14. The molecule has 0 atom stereocenters. The van der Waals surface area contributed by atoms with Gasteiger partial charge in [0.05, 0.1) is 11.2 Å². The molecule has 2 fully saturated rings. The summed E-state index contributed by atoms with van der Waals surface area (Å²) in [4.78, 5) is 23.0. The van der Waals surface area contributed by atoms with Gasteiger partial charge in [-0.25, -0.2) is 19.0 Å². The molecule has 3 aromatic rings. The minimum Gasteiger partial charge on any atom is -0.356 e. The topological polar surface area (TPSA) is 63.9 Å². The van der Waals surface area contributed by atoms with E-state index in [1.807, 2.05) is 6.07 Å². The fraction of sp³-hybridized carbons (Fsp3) is 0.429. The molecule has 28 heavy (non-hydrogen) atoms. The Morgan fingerprint density at radius 2 is 1.86 bits per heavy atom. The van der Waals surface area contributed by atoms with Gasteiger partial charge >= 0.3 is 0 Å². The first-order valence-electron chi connectivity index (χ1n) is 9.90. The Morgan fingerprint density at radius 3 is 2.64 bits per heavy atom. The van der Waals surface area contributed by atoms with Gasteiger partial charge in [-0.3, -0.25) is 4.79 Å². The van der Waals surface area contributed by atoms with Crippen LogP contribution < -0.4 is 10.5 Å². The predicted octanol–water partition coefficient (Wildman–Crippen LogP) is 3.12. The summed E-state index contributed by atoms with van der Waals surface area (Å²) in [6.07, 6.45) is 5.79. The minimum absolute atomic E-state index is 0.0240. The minimum atomic E-state index is -0.278. The Balaban J connectivity index is 1.30. The number of rotatable bonds is 4. The number of benzene rings is 1. The maximum Gasteiger partial charge on any atom is 0.266 e. The van der Waals surface area contributed by atoms with E-state index in [-0.39, 0.29) is 11.4 Å². The van der Waals surface area contributed by atoms with Gasteiger partial charge in [0.25, 0.3) is 5.56 Å². The fourth-order valence-corrected chi connectivity index (χ4v) is 4.03. The molecule has 1 aliphatic heterocycles. The molecule has 0 radical (unpaired) electrons. The van der Waals surface area contributed by atoms with E-state index in [0.29, 0.717) is 18.4 Å². The van der Waals surface area contributed by atoms with Crippen molar-refractivity contribution in [1.82, 2.24) is 19.7 Å². The molecule has 0 amide bonds. The van der Waals surface area contributed by atoms with E-state index >= 15 is 0 Å². The summed E-state index contributed by atoms with van der Waals surface area (Å²) < 4.78 is 15.3. The maximum atomic E-state index is 13.7. The third-order valence-corrected chi connectivity index (χ3v) is 5.80. The highest BCUT2D eigenvalue weighted by Gasteiger charge is 2.27. The second-order valence-corrected chi connectivity index (χ2v) is 7.84. The third-order valence-electron chi connectivity index (χ3n) is 5.80. The van der Waals surface area contributed by atoms with Gasteiger partial charge in [-0.2, -0.15) is 5.10 Å². The van der Waals surface area contributed by atoms with Gasteiger partial charge < -0.3 is 4.90 Å². The standard InChI is InChI=1S/C21H22FN5O/c22-16-3-4-19-17(11-16)21(24-13-23-19)26-9-7-14(8-10-26)12-27-20(28)6-5-18(25-27)15-1-2-15/h3-6,11,13-15H,1-2,7-10,12H2. The van der Waals surface area contributed by atoms with Crippen molar-refractivity contribution in [3.05, 3.63) is 58.5 Å². The largest absolute Gasteiger partial charge is 0.356 e. The van der Waals surface area contributed by atoms with Crippen LogP contribution in [0.1, 0.15) is 37.3 Å². The Bertz CT molecular complexity index is 1070. The molecule has 0 bridgehead atoms. The second-order valence-electron chi connectivity index (χ2n) is 7.84. The monoisotopic (exact) mass is 379 g/mol. The lowest BCUT2D eigenvalue weighted by atomic mass is 9.96. The van der Waals surface area contributed by atoms with Crippen molar-refractivity contribution in [1.29, 1.82) is 0 Å². The highest BCUT2D eigenvalue weighted by Crippen LogP contribution is 2.38. The van der Waals surface area contributed by atoms with Crippen molar-refractivity contribution in [2.24, 2.45) is 5.92 Å². The van der Waals surface area contributed by atoms with E-state index < -0.39 is 0 Å². The molecule has 1 aromatic carbocycles. The zero-order valence-electron chi connectivity index (χ0n) is 15.6. The van der Waals surface area contributed by atoms with Crippen LogP contribution in [0.4, 0.5) is 10.2 Å². The normalized spacial score (nSPS) is 18.0. The van der Waals surface area contributed by atoms with Crippen molar-refractivity contribution in [2.45, 2.75) is 38.1 Å². The molecule has 3 heterocycles. The number of hydrogen-bond acceptors (Lipinski definition) is 5. The van der Waals surface area contributed by atoms with Crippen molar-refractivity contribution in [3.63, 3.8) is 0 Å². The van der Waals surface area contributed by atoms with E-state index in [2.05, 4.69) is 20.0 Å². The molecule has 0 spiro atoms. The van der Waals surface area contributed by atoms with Gasteiger partial charge in [0.1, 0.15) is 18.0 Å². The number of fused-ring (bicyclic) bond motifs is 1. The first-order valence-corrected chi connectivity index (χ1v) is 9.90. The van der Waals surface area contributed by atoms with E-state index in [1.165, 1.54) is 31.3 Å². The van der Waals surface area contributed by atoms with Crippen LogP contribution in [0.3, 0.4) is 0 Å². The zero-order chi connectivity index (χ0) is 19.1. The number of hydrogen-bond donors (Lipinski definition) is 0. The van der Waals surface area contributed by atoms with Crippen LogP contribution in [-0.2, 0) is 6.54 Å². The number of anilines is 1. The second kappa shape index (κ2) is 6.96. The fourth-order valence-electron chi connectivity index (χ4n) is 4.03. The van der Waals surface area contributed by atoms with E-state index in [4.69, 9.17) is 0 Å². The maximum absolute atomic E-state index is 13.7. The summed E-state index contributed by atoms with van der Waals surface area (Å²) in [7, 11) is 0. The Labute approximate surface area is 162 Å². The molecule has 5 rings (SSSR count). The van der Waals surface area contributed by atoms with Crippen molar-refractivity contribution < 1.29 is 4.39 Å². The summed E-state index contributed by atoms with van der Waals surface area (Å²) in [6.45, 7) is 2.31. The molecule has 7 heteroatoms. The Hall–Kier alpha value is -2.83. The number of aromatic nitrogens is 4. The van der Waals surface area contributed by atoms with Gasteiger partial charge in [0, 0.05) is 37.0 Å². The molecule has 1 aliphatic carbocycles. The molecule has 0 N–H and O–H groups in total. The van der Waals surface area contributed by atoms with Crippen molar-refractivity contribution >= 4 is 16.7 Å². The number of nitrogens with zero attached hydrogens (tertiary/aromatic N) is 5. The average molecular weight is 379 g/mol. The summed E-state index contributed by atoms with van der Waals surface area (Å²) >= 11 is 0. The van der Waals surface area contributed by atoms with Gasteiger partial charge in [-0.15, -0.1) is 0 Å². The lowest BCUT2D eigenvalue weighted by molar-refractivity contribution is 0.333. The molecule has 1 saturated carbocycles. The average Bonchev–Trinajstić information content (AvgIpc) is 3.55. The Morgan fingerprint density at radius 1 is 1.04 bits per heavy atom. The number of piperidine rings is 1. The van der Waals surface area contributed by atoms with Crippen LogP contribution in [-0.4, -0.2) is 32.8 Å². The molecule has 0 unspecified atom stereocenters. The first kappa shape index (κ1) is 17.3. The van der Waals surface area contributed by atoms with Crippen LogP contribution in [0, 0.1) is 11.7 Å². The van der Waals surface area contributed by atoms with Crippen LogP contribution >= 0.6 is 0 Å². The zero-order valence-corrected chi connectivity index (χ0v) is 15.6. The summed E-state index contributed by atoms with van der Waals surface area (Å²) in [5.74, 6) is 1.45. The molecular weight excluding hydrogens is 357 g/mol. The summed E-state index contributed by atoms with van der Waals surface area (Å²) in [5, 5.41) is 5.33. The highest BCUT2D eigenvalue weighted by molar-refractivity contribution is 5.89. The van der Waals surface area contributed by atoms with Crippen LogP contribution in [0.15, 0.2) is 41.5 Å². The lowest BCUT2D eigenvalue weighted by Gasteiger charge is -2.33. The quantitative estimate of drug-likeness (QED) is 0.697. The Kier molecular flexibility index (Phi) is 4.30. The smallest absolute Gasteiger partial charge is 0.266 e. The molecule has 144 valence electrons. The molecule has 2 aromatic heterocycles. The van der Waals surface area contributed by atoms with Crippen LogP contribution in [0.2, 0.25) is 0 Å². The lowest BCUT2D eigenvalue weighted by Crippen LogP contribution is -2.37. The van der Waals surface area contributed by atoms with Gasteiger partial charge in [0.2, 0.25) is 0 Å². The predicted molar refractivity (Wildman–Crippen MR) is 105 cm³/mol. The van der Waals surface area contributed by atoms with Gasteiger partial charge in [0.15, 0.2) is 0 Å². The van der Waals surface area contributed by atoms with Crippen LogP contribution in [0.25, 0.3) is 10.9 Å².